The molecule has 0 aliphatic heterocycles. The van der Waals surface area contributed by atoms with Crippen LogP contribution in [0.4, 0.5) is 5.69 Å². The molecule has 0 aromatic carbocycles. The van der Waals surface area contributed by atoms with Crippen molar-refractivity contribution >= 4 is 18.1 Å². The summed E-state index contributed by atoms with van der Waals surface area (Å²) < 4.78 is 3.65. The Labute approximate surface area is 101 Å². The van der Waals surface area contributed by atoms with Gasteiger partial charge in [0.05, 0.1) is 18.1 Å². The predicted molar refractivity (Wildman–Crippen MR) is 65.7 cm³/mol. The second kappa shape index (κ2) is 5.03. The summed E-state index contributed by atoms with van der Waals surface area (Å²) >= 11 is 0. The molecule has 0 saturated carbocycles. The lowest BCUT2D eigenvalue weighted by atomic mass is 10.2. The lowest BCUT2D eigenvalue weighted by Gasteiger charge is -2.02. The van der Waals surface area contributed by atoms with E-state index in [2.05, 4.69) is 22.4 Å². The third-order valence-corrected chi connectivity index (χ3v) is 2.52. The van der Waals surface area contributed by atoms with Gasteiger partial charge in [0.25, 0.3) is 0 Å². The van der Waals surface area contributed by atoms with Gasteiger partial charge in [0.2, 0.25) is 0 Å². The van der Waals surface area contributed by atoms with Gasteiger partial charge in [0, 0.05) is 38.1 Å². The number of rotatable bonds is 3. The van der Waals surface area contributed by atoms with Gasteiger partial charge in [-0.2, -0.15) is 10.2 Å². The number of nitrogens with zero attached hydrogens (tertiary/aromatic N) is 4. The van der Waals surface area contributed by atoms with E-state index in [1.54, 1.807) is 4.68 Å². The summed E-state index contributed by atoms with van der Waals surface area (Å²) in [5.74, 6) is 0. The monoisotopic (exact) mass is 241 g/mol. The van der Waals surface area contributed by atoms with E-state index >= 15 is 0 Å². The summed E-state index contributed by atoms with van der Waals surface area (Å²) in [4.78, 5) is 0. The van der Waals surface area contributed by atoms with Gasteiger partial charge >= 0.3 is 0 Å². The first kappa shape index (κ1) is 12.6. The fourth-order valence-corrected chi connectivity index (χ4v) is 1.43. The largest absolute Gasteiger partial charge is 0.378 e. The van der Waals surface area contributed by atoms with E-state index in [1.165, 1.54) is 11.3 Å². The summed E-state index contributed by atoms with van der Waals surface area (Å²) in [6.07, 6.45) is 5.65. The number of hydrogen-bond acceptors (Lipinski definition) is 3. The molecule has 2 aromatic heterocycles. The first-order chi connectivity index (χ1) is 7.16. The summed E-state index contributed by atoms with van der Waals surface area (Å²) in [5, 5.41) is 11.6. The van der Waals surface area contributed by atoms with Crippen molar-refractivity contribution in [2.24, 2.45) is 14.1 Å². The molecule has 0 saturated heterocycles. The Morgan fingerprint density at radius 2 is 2.00 bits per heavy atom. The molecule has 0 fully saturated rings. The molecule has 2 rings (SSSR count). The molecule has 0 spiro atoms. The van der Waals surface area contributed by atoms with Crippen LogP contribution >= 0.6 is 12.4 Å². The van der Waals surface area contributed by atoms with E-state index < -0.39 is 0 Å². The molecular formula is C10H16ClN5. The number of nitrogens with one attached hydrogen (secondary N) is 1. The molecule has 2 heterocycles. The van der Waals surface area contributed by atoms with Gasteiger partial charge < -0.3 is 5.32 Å². The highest BCUT2D eigenvalue weighted by Gasteiger charge is 2.03. The van der Waals surface area contributed by atoms with E-state index in [0.717, 1.165) is 12.2 Å². The molecule has 0 radical (unpaired) electrons. The average molecular weight is 242 g/mol. The highest BCUT2D eigenvalue weighted by atomic mass is 35.5. The molecule has 2 aromatic rings. The highest BCUT2D eigenvalue weighted by molar-refractivity contribution is 5.85. The molecule has 0 amide bonds. The zero-order valence-electron chi connectivity index (χ0n) is 9.64. The second-order valence-electron chi connectivity index (χ2n) is 3.64. The first-order valence-corrected chi connectivity index (χ1v) is 4.87. The van der Waals surface area contributed by atoms with E-state index in [9.17, 15) is 0 Å². The van der Waals surface area contributed by atoms with Crippen LogP contribution in [0, 0.1) is 6.92 Å². The van der Waals surface area contributed by atoms with Crippen molar-refractivity contribution in [3.8, 4) is 0 Å². The number of aryl methyl sites for hydroxylation is 2. The third kappa shape index (κ3) is 2.55. The normalized spacial score (nSPS) is 9.94. The van der Waals surface area contributed by atoms with E-state index in [0.29, 0.717) is 0 Å². The topological polar surface area (TPSA) is 47.7 Å². The quantitative estimate of drug-likeness (QED) is 0.886. The Morgan fingerprint density at radius 1 is 1.25 bits per heavy atom. The zero-order valence-corrected chi connectivity index (χ0v) is 10.5. The van der Waals surface area contributed by atoms with Crippen molar-refractivity contribution in [3.63, 3.8) is 0 Å². The van der Waals surface area contributed by atoms with Crippen LogP contribution in [0.25, 0.3) is 0 Å². The van der Waals surface area contributed by atoms with Crippen LogP contribution in [-0.2, 0) is 20.6 Å². The Hall–Kier alpha value is -1.49. The summed E-state index contributed by atoms with van der Waals surface area (Å²) in [6.45, 7) is 2.85. The Morgan fingerprint density at radius 3 is 2.50 bits per heavy atom. The maximum atomic E-state index is 4.19. The number of anilines is 1. The van der Waals surface area contributed by atoms with Gasteiger partial charge in [-0.25, -0.2) is 0 Å². The molecular weight excluding hydrogens is 226 g/mol. The number of halogens is 1. The van der Waals surface area contributed by atoms with Crippen LogP contribution in [0.2, 0.25) is 0 Å². The molecule has 1 N–H and O–H groups in total. The first-order valence-electron chi connectivity index (χ1n) is 4.87. The molecule has 6 heteroatoms. The van der Waals surface area contributed by atoms with Crippen LogP contribution in [0.1, 0.15) is 11.3 Å². The average Bonchev–Trinajstić information content (AvgIpc) is 2.74. The van der Waals surface area contributed by atoms with Gasteiger partial charge in [0.1, 0.15) is 0 Å². The van der Waals surface area contributed by atoms with Gasteiger partial charge in [-0.1, -0.05) is 0 Å². The predicted octanol–water partition coefficient (Wildman–Crippen LogP) is 1.50. The minimum atomic E-state index is 0. The Balaban J connectivity index is 0.00000128. The fraction of sp³-hybridized carbons (Fsp3) is 0.400. The van der Waals surface area contributed by atoms with Crippen molar-refractivity contribution in [1.82, 2.24) is 19.6 Å². The zero-order chi connectivity index (χ0) is 10.8. The van der Waals surface area contributed by atoms with E-state index in [1.807, 2.05) is 37.4 Å². The lowest BCUT2D eigenvalue weighted by Crippen LogP contribution is -2.00. The van der Waals surface area contributed by atoms with Crippen LogP contribution in [0.3, 0.4) is 0 Å². The van der Waals surface area contributed by atoms with Gasteiger partial charge in [-0.3, -0.25) is 9.36 Å². The number of aromatic nitrogens is 4. The number of hydrogen-bond donors (Lipinski definition) is 1. The molecule has 0 unspecified atom stereocenters. The SMILES string of the molecule is Cc1c(CNc2cnn(C)c2)cnn1C.Cl. The molecule has 5 nitrogen and oxygen atoms in total. The molecule has 16 heavy (non-hydrogen) atoms. The van der Waals surface area contributed by atoms with Crippen molar-refractivity contribution in [3.05, 3.63) is 29.8 Å². The maximum absolute atomic E-state index is 4.19. The van der Waals surface area contributed by atoms with Crippen molar-refractivity contribution in [2.45, 2.75) is 13.5 Å². The standard InChI is InChI=1S/C10H15N5.ClH/c1-8-9(5-13-15(8)3)4-11-10-6-12-14(2)7-10;/h5-7,11H,4H2,1-3H3;1H. The second-order valence-corrected chi connectivity index (χ2v) is 3.64. The smallest absolute Gasteiger partial charge is 0.0729 e. The Kier molecular flexibility index (Phi) is 3.95. The molecule has 0 bridgehead atoms. The molecule has 0 aliphatic carbocycles. The van der Waals surface area contributed by atoms with Gasteiger partial charge in [-0.05, 0) is 6.92 Å². The van der Waals surface area contributed by atoms with Crippen molar-refractivity contribution in [2.75, 3.05) is 5.32 Å². The molecule has 0 aliphatic rings. The lowest BCUT2D eigenvalue weighted by molar-refractivity contribution is 0.738. The summed E-state index contributed by atoms with van der Waals surface area (Å²) in [7, 11) is 3.85. The van der Waals surface area contributed by atoms with Gasteiger partial charge in [-0.15, -0.1) is 12.4 Å². The van der Waals surface area contributed by atoms with Crippen molar-refractivity contribution < 1.29 is 0 Å². The van der Waals surface area contributed by atoms with E-state index in [4.69, 9.17) is 0 Å². The fourth-order valence-electron chi connectivity index (χ4n) is 1.43. The summed E-state index contributed by atoms with van der Waals surface area (Å²) in [6, 6.07) is 0. The van der Waals surface area contributed by atoms with Crippen LogP contribution in [0.5, 0.6) is 0 Å². The van der Waals surface area contributed by atoms with E-state index in [-0.39, 0.29) is 12.4 Å². The van der Waals surface area contributed by atoms with Crippen molar-refractivity contribution in [1.29, 1.82) is 0 Å². The Bertz CT molecular complexity index is 459. The minimum absolute atomic E-state index is 0. The van der Waals surface area contributed by atoms with Crippen LogP contribution in [0.15, 0.2) is 18.6 Å². The summed E-state index contributed by atoms with van der Waals surface area (Å²) in [5.41, 5.74) is 3.42. The van der Waals surface area contributed by atoms with Crippen LogP contribution in [-0.4, -0.2) is 19.6 Å². The molecule has 88 valence electrons. The highest BCUT2D eigenvalue weighted by Crippen LogP contribution is 2.09. The molecule has 0 atom stereocenters. The van der Waals surface area contributed by atoms with Gasteiger partial charge in [0.15, 0.2) is 0 Å². The minimum Gasteiger partial charge on any atom is -0.378 e. The van der Waals surface area contributed by atoms with Crippen LogP contribution < -0.4 is 5.32 Å². The maximum Gasteiger partial charge on any atom is 0.0729 e. The third-order valence-electron chi connectivity index (χ3n) is 2.52.